The average molecular weight is 546 g/mol. The molecule has 9 nitrogen and oxygen atoms in total. The molecule has 0 radical (unpaired) electrons. The minimum Gasteiger partial charge on any atom is -0.508 e. The van der Waals surface area contributed by atoms with Crippen LogP contribution < -0.4 is 10.1 Å². The molecule has 200 valence electrons. The van der Waals surface area contributed by atoms with E-state index in [0.29, 0.717) is 46.7 Å². The Morgan fingerprint density at radius 3 is 2.62 bits per heavy atom. The number of aryl methyl sites for hydroxylation is 1. The Labute approximate surface area is 230 Å². The lowest BCUT2D eigenvalue weighted by atomic mass is 10.00. The molecule has 2 heterocycles. The van der Waals surface area contributed by atoms with Gasteiger partial charge in [-0.1, -0.05) is 35.9 Å². The number of carbonyl (C=O) groups is 1. The summed E-state index contributed by atoms with van der Waals surface area (Å²) in [4.78, 5) is 18.2. The Balaban J connectivity index is 1.44. The van der Waals surface area contributed by atoms with E-state index in [0.717, 1.165) is 22.4 Å². The highest BCUT2D eigenvalue weighted by Crippen LogP contribution is 2.34. The van der Waals surface area contributed by atoms with Gasteiger partial charge in [-0.3, -0.25) is 14.4 Å². The van der Waals surface area contributed by atoms with Gasteiger partial charge in [-0.15, -0.1) is 10.2 Å². The van der Waals surface area contributed by atoms with Crippen molar-refractivity contribution in [3.8, 4) is 17.2 Å². The van der Waals surface area contributed by atoms with Crippen LogP contribution in [-0.4, -0.2) is 50.3 Å². The summed E-state index contributed by atoms with van der Waals surface area (Å²) in [5, 5.41) is 31.5. The largest absolute Gasteiger partial charge is 0.508 e. The number of aliphatic hydroxyl groups is 1. The minimum absolute atomic E-state index is 0.0368. The summed E-state index contributed by atoms with van der Waals surface area (Å²) in [6.07, 6.45) is 0.588. The van der Waals surface area contributed by atoms with E-state index >= 15 is 0 Å². The number of aromatic nitrogens is 3. The normalized spacial score (nSPS) is 14.2. The number of methoxy groups -OCH3 is 1. The van der Waals surface area contributed by atoms with E-state index in [1.54, 1.807) is 19.2 Å². The number of halogens is 1. The van der Waals surface area contributed by atoms with Crippen LogP contribution in [0.5, 0.6) is 11.5 Å². The molecule has 0 aliphatic carbocycles. The first-order valence-electron chi connectivity index (χ1n) is 12.5. The van der Waals surface area contributed by atoms with Crippen molar-refractivity contribution in [1.82, 2.24) is 20.1 Å². The molecule has 5 rings (SSSR count). The number of benzene rings is 3. The van der Waals surface area contributed by atoms with Gasteiger partial charge in [0.1, 0.15) is 23.4 Å². The summed E-state index contributed by atoms with van der Waals surface area (Å²) >= 11 is 6.16. The number of rotatable bonds is 8. The zero-order valence-electron chi connectivity index (χ0n) is 21.6. The van der Waals surface area contributed by atoms with Crippen LogP contribution in [-0.2, 0) is 17.8 Å². The molecule has 0 saturated heterocycles. The maximum Gasteiger partial charge on any atom is 0.222 e. The van der Waals surface area contributed by atoms with Gasteiger partial charge in [-0.05, 0) is 55.3 Å². The van der Waals surface area contributed by atoms with E-state index < -0.39 is 6.04 Å². The van der Waals surface area contributed by atoms with Gasteiger partial charge < -0.3 is 20.3 Å². The Hall–Kier alpha value is -4.21. The van der Waals surface area contributed by atoms with Gasteiger partial charge in [0.25, 0.3) is 0 Å². The van der Waals surface area contributed by atoms with Crippen molar-refractivity contribution >= 4 is 23.2 Å². The van der Waals surface area contributed by atoms with Crippen molar-refractivity contribution in [2.75, 3.05) is 13.7 Å². The lowest BCUT2D eigenvalue weighted by Crippen LogP contribution is -2.27. The van der Waals surface area contributed by atoms with Crippen molar-refractivity contribution in [3.05, 3.63) is 99.6 Å². The zero-order chi connectivity index (χ0) is 27.5. The Morgan fingerprint density at radius 1 is 1.10 bits per heavy atom. The van der Waals surface area contributed by atoms with Crippen molar-refractivity contribution < 1.29 is 19.7 Å². The first-order valence-corrected chi connectivity index (χ1v) is 12.9. The van der Waals surface area contributed by atoms with Gasteiger partial charge in [-0.2, -0.15) is 0 Å². The van der Waals surface area contributed by atoms with E-state index in [1.807, 2.05) is 60.0 Å². The van der Waals surface area contributed by atoms with Crippen LogP contribution in [0, 0.1) is 6.92 Å². The number of aromatic hydroxyl groups is 1. The second-order valence-electron chi connectivity index (χ2n) is 9.25. The molecule has 10 heteroatoms. The topological polar surface area (TPSA) is 122 Å². The molecule has 0 fully saturated rings. The van der Waals surface area contributed by atoms with Crippen LogP contribution >= 0.6 is 11.6 Å². The fourth-order valence-electron chi connectivity index (χ4n) is 4.67. The third-order valence-electron chi connectivity index (χ3n) is 6.68. The molecule has 0 spiro atoms. The highest BCUT2D eigenvalue weighted by atomic mass is 35.5. The van der Waals surface area contributed by atoms with E-state index in [9.17, 15) is 15.0 Å². The summed E-state index contributed by atoms with van der Waals surface area (Å²) in [6.45, 7) is 2.01. The summed E-state index contributed by atoms with van der Waals surface area (Å²) in [5.41, 5.74) is 4.53. The molecule has 39 heavy (non-hydrogen) atoms. The first-order chi connectivity index (χ1) is 18.9. The maximum atomic E-state index is 13.1. The molecule has 4 aromatic rings. The highest BCUT2D eigenvalue weighted by Gasteiger charge is 2.30. The molecular weight excluding hydrogens is 518 g/mol. The van der Waals surface area contributed by atoms with Gasteiger partial charge in [0, 0.05) is 28.3 Å². The van der Waals surface area contributed by atoms with Gasteiger partial charge in [0.15, 0.2) is 5.82 Å². The standard InChI is InChI=1S/C29H28ClN5O4/c1-17-33-34-29-24(15-27(38)31-12-11-18-3-4-20(16-36)26(37)13-18)32-28(19-5-7-21(30)8-6-19)23-14-22(39-2)9-10-25(23)35(17)29/h3-10,13-14,24,36-37H,11-12,15-16H2,1-2H3,(H,31,38)/t24-/m0/s1. The molecule has 3 aromatic carbocycles. The van der Waals surface area contributed by atoms with Crippen LogP contribution in [0.4, 0.5) is 0 Å². The Kier molecular flexibility index (Phi) is 7.63. The second kappa shape index (κ2) is 11.3. The van der Waals surface area contributed by atoms with Crippen molar-refractivity contribution in [2.45, 2.75) is 32.4 Å². The fourth-order valence-corrected chi connectivity index (χ4v) is 4.80. The molecule has 1 aliphatic heterocycles. The number of ether oxygens (including phenoxy) is 1. The number of fused-ring (bicyclic) bond motifs is 3. The van der Waals surface area contributed by atoms with E-state index in [4.69, 9.17) is 21.3 Å². The number of hydrogen-bond acceptors (Lipinski definition) is 7. The van der Waals surface area contributed by atoms with Crippen LogP contribution in [0.3, 0.4) is 0 Å². The van der Waals surface area contributed by atoms with Crippen LogP contribution in [0.1, 0.15) is 46.4 Å². The first kappa shape index (κ1) is 26.4. The summed E-state index contributed by atoms with van der Waals surface area (Å²) in [6, 6.07) is 17.7. The second-order valence-corrected chi connectivity index (χ2v) is 9.69. The molecule has 0 unspecified atom stereocenters. The van der Waals surface area contributed by atoms with Crippen LogP contribution in [0.25, 0.3) is 5.69 Å². The monoisotopic (exact) mass is 545 g/mol. The SMILES string of the molecule is COc1ccc2c(c1)C(c1ccc(Cl)cc1)=N[C@@H](CC(=O)NCCc1ccc(CO)c(O)c1)c1nnc(C)n1-2. The van der Waals surface area contributed by atoms with Gasteiger partial charge in [0.2, 0.25) is 5.91 Å². The molecule has 1 atom stereocenters. The lowest BCUT2D eigenvalue weighted by Gasteiger charge is -2.14. The predicted octanol–water partition coefficient (Wildman–Crippen LogP) is 4.08. The summed E-state index contributed by atoms with van der Waals surface area (Å²) < 4.78 is 7.44. The number of carbonyl (C=O) groups excluding carboxylic acids is 1. The lowest BCUT2D eigenvalue weighted by molar-refractivity contribution is -0.121. The van der Waals surface area contributed by atoms with E-state index in [1.165, 1.54) is 0 Å². The van der Waals surface area contributed by atoms with Crippen LogP contribution in [0.15, 0.2) is 65.7 Å². The summed E-state index contributed by atoms with van der Waals surface area (Å²) in [7, 11) is 1.61. The molecule has 1 aliphatic rings. The smallest absolute Gasteiger partial charge is 0.222 e. The van der Waals surface area contributed by atoms with Crippen LogP contribution in [0.2, 0.25) is 5.02 Å². The molecule has 1 amide bonds. The number of hydrogen-bond donors (Lipinski definition) is 3. The number of aliphatic hydroxyl groups excluding tert-OH is 1. The number of phenols is 1. The average Bonchev–Trinajstić information content (AvgIpc) is 3.26. The van der Waals surface area contributed by atoms with Gasteiger partial charge >= 0.3 is 0 Å². The third kappa shape index (κ3) is 5.50. The quantitative estimate of drug-likeness (QED) is 0.307. The molecular formula is C29H28ClN5O4. The molecule has 0 saturated carbocycles. The molecule has 1 aromatic heterocycles. The van der Waals surface area contributed by atoms with Crippen molar-refractivity contribution in [2.24, 2.45) is 4.99 Å². The van der Waals surface area contributed by atoms with Crippen molar-refractivity contribution in [3.63, 3.8) is 0 Å². The van der Waals surface area contributed by atoms with Crippen molar-refractivity contribution in [1.29, 1.82) is 0 Å². The Morgan fingerprint density at radius 2 is 1.90 bits per heavy atom. The molecule has 3 N–H and O–H groups in total. The predicted molar refractivity (Wildman–Crippen MR) is 148 cm³/mol. The fraction of sp³-hybridized carbons (Fsp3) is 0.241. The zero-order valence-corrected chi connectivity index (χ0v) is 22.3. The number of amides is 1. The van der Waals surface area contributed by atoms with E-state index in [2.05, 4.69) is 15.5 Å². The highest BCUT2D eigenvalue weighted by molar-refractivity contribution is 6.30. The number of nitrogens with one attached hydrogen (secondary N) is 1. The van der Waals surface area contributed by atoms with E-state index in [-0.39, 0.29) is 24.7 Å². The number of aliphatic imine (C=N–C) groups is 1. The van der Waals surface area contributed by atoms with Gasteiger partial charge in [0.05, 0.1) is 31.5 Å². The number of nitrogens with zero attached hydrogens (tertiary/aromatic N) is 4. The Bertz CT molecular complexity index is 1550. The maximum absolute atomic E-state index is 13.1. The van der Waals surface area contributed by atoms with Gasteiger partial charge in [-0.25, -0.2) is 0 Å². The molecule has 0 bridgehead atoms. The minimum atomic E-state index is -0.594. The third-order valence-corrected chi connectivity index (χ3v) is 6.94. The summed E-state index contributed by atoms with van der Waals surface area (Å²) in [5.74, 6) is 1.78.